The molecule has 0 radical (unpaired) electrons. The van der Waals surface area contributed by atoms with Crippen molar-refractivity contribution in [2.24, 2.45) is 0 Å². The van der Waals surface area contributed by atoms with Gasteiger partial charge in [0.2, 0.25) is 10.0 Å². The third-order valence-corrected chi connectivity index (χ3v) is 7.12. The number of carbonyl (C=O) groups is 1. The van der Waals surface area contributed by atoms with Crippen molar-refractivity contribution in [1.82, 2.24) is 4.31 Å². The first-order chi connectivity index (χ1) is 13.5. The summed E-state index contributed by atoms with van der Waals surface area (Å²) in [5.41, 5.74) is 1.66. The first-order valence-corrected chi connectivity index (χ1v) is 11.3. The van der Waals surface area contributed by atoms with Crippen LogP contribution in [0, 0.1) is 0 Å². The highest BCUT2D eigenvalue weighted by Gasteiger charge is 2.25. The summed E-state index contributed by atoms with van der Waals surface area (Å²) in [5.74, 6) is -0.315. The van der Waals surface area contributed by atoms with Gasteiger partial charge in [-0.3, -0.25) is 4.79 Å². The van der Waals surface area contributed by atoms with Crippen molar-refractivity contribution >= 4 is 27.6 Å². The molecule has 0 unspecified atom stereocenters. The maximum Gasteiger partial charge on any atom is 0.306 e. The van der Waals surface area contributed by atoms with Crippen LogP contribution in [0.2, 0.25) is 5.02 Å². The summed E-state index contributed by atoms with van der Waals surface area (Å²) in [6.07, 6.45) is 3.62. The molecule has 1 aliphatic heterocycles. The average Bonchev–Trinajstić information content (AvgIpc) is 2.72. The van der Waals surface area contributed by atoms with Gasteiger partial charge in [0.25, 0.3) is 0 Å². The minimum absolute atomic E-state index is 0.144. The van der Waals surface area contributed by atoms with E-state index in [1.54, 1.807) is 34.6 Å². The first-order valence-electron chi connectivity index (χ1n) is 9.45. The maximum absolute atomic E-state index is 12.7. The molecule has 0 bridgehead atoms. The van der Waals surface area contributed by atoms with E-state index in [1.165, 1.54) is 0 Å². The van der Waals surface area contributed by atoms with Crippen molar-refractivity contribution in [3.8, 4) is 0 Å². The standard InChI is InChI=1S/C21H24ClNO4S/c22-20-7-3-2-6-18(20)16-27-21(24)13-10-17-8-11-19(12-9-17)28(25,26)23-14-4-1-5-15-23/h2-3,6-9,11-12H,1,4-5,10,13-16H2. The number of sulfonamides is 1. The van der Waals surface area contributed by atoms with Crippen LogP contribution in [-0.2, 0) is 32.6 Å². The van der Waals surface area contributed by atoms with Gasteiger partial charge in [-0.2, -0.15) is 4.31 Å². The fourth-order valence-corrected chi connectivity index (χ4v) is 4.88. The summed E-state index contributed by atoms with van der Waals surface area (Å²) in [5, 5.41) is 0.570. The fourth-order valence-electron chi connectivity index (χ4n) is 3.17. The number of aryl methyl sites for hydroxylation is 1. The molecule has 1 fully saturated rings. The number of hydrogen-bond acceptors (Lipinski definition) is 4. The molecule has 5 nitrogen and oxygen atoms in total. The molecule has 0 aromatic heterocycles. The topological polar surface area (TPSA) is 63.7 Å². The van der Waals surface area contributed by atoms with E-state index in [-0.39, 0.29) is 19.0 Å². The second-order valence-corrected chi connectivity index (χ2v) is 9.21. The van der Waals surface area contributed by atoms with E-state index < -0.39 is 10.0 Å². The van der Waals surface area contributed by atoms with Gasteiger partial charge >= 0.3 is 5.97 Å². The molecule has 1 heterocycles. The summed E-state index contributed by atoms with van der Waals surface area (Å²) >= 11 is 6.04. The lowest BCUT2D eigenvalue weighted by atomic mass is 10.1. The van der Waals surface area contributed by atoms with Gasteiger partial charge in [0.15, 0.2) is 0 Å². The Kier molecular flexibility index (Phi) is 7.10. The molecular formula is C21H24ClNO4S. The van der Waals surface area contributed by atoms with E-state index in [2.05, 4.69) is 0 Å². The van der Waals surface area contributed by atoms with Gasteiger partial charge in [0, 0.05) is 30.1 Å². The Labute approximate surface area is 171 Å². The molecule has 0 saturated carbocycles. The molecule has 7 heteroatoms. The minimum atomic E-state index is -3.42. The summed E-state index contributed by atoms with van der Waals surface area (Å²) in [7, 11) is -3.42. The molecule has 0 N–H and O–H groups in total. The quantitative estimate of drug-likeness (QED) is 0.629. The van der Waals surface area contributed by atoms with E-state index in [4.69, 9.17) is 16.3 Å². The Morgan fingerprint density at radius 2 is 1.68 bits per heavy atom. The van der Waals surface area contributed by atoms with Crippen molar-refractivity contribution in [3.05, 3.63) is 64.7 Å². The Morgan fingerprint density at radius 1 is 1.00 bits per heavy atom. The minimum Gasteiger partial charge on any atom is -0.461 e. The van der Waals surface area contributed by atoms with Crippen molar-refractivity contribution < 1.29 is 17.9 Å². The highest BCUT2D eigenvalue weighted by Crippen LogP contribution is 2.21. The van der Waals surface area contributed by atoms with Gasteiger partial charge in [-0.25, -0.2) is 8.42 Å². The Balaban J connectivity index is 1.51. The van der Waals surface area contributed by atoms with E-state index in [9.17, 15) is 13.2 Å². The van der Waals surface area contributed by atoms with Crippen LogP contribution in [0.1, 0.15) is 36.8 Å². The van der Waals surface area contributed by atoms with Gasteiger partial charge in [-0.05, 0) is 43.0 Å². The highest BCUT2D eigenvalue weighted by atomic mass is 35.5. The van der Waals surface area contributed by atoms with Gasteiger partial charge in [-0.15, -0.1) is 0 Å². The SMILES string of the molecule is O=C(CCc1ccc(S(=O)(=O)N2CCCCC2)cc1)OCc1ccccc1Cl. The monoisotopic (exact) mass is 421 g/mol. The smallest absolute Gasteiger partial charge is 0.306 e. The predicted octanol–water partition coefficient (Wildman–Crippen LogP) is 4.19. The van der Waals surface area contributed by atoms with Crippen molar-refractivity contribution in [3.63, 3.8) is 0 Å². The highest BCUT2D eigenvalue weighted by molar-refractivity contribution is 7.89. The molecule has 0 aliphatic carbocycles. The van der Waals surface area contributed by atoms with Gasteiger partial charge in [0.1, 0.15) is 6.61 Å². The molecule has 2 aromatic rings. The molecule has 1 saturated heterocycles. The lowest BCUT2D eigenvalue weighted by Gasteiger charge is -2.25. The molecule has 1 aliphatic rings. The molecular weight excluding hydrogens is 398 g/mol. The van der Waals surface area contributed by atoms with E-state index in [0.29, 0.717) is 29.4 Å². The number of hydrogen-bond donors (Lipinski definition) is 0. The average molecular weight is 422 g/mol. The number of benzene rings is 2. The summed E-state index contributed by atoms with van der Waals surface area (Å²) < 4.78 is 32.1. The number of rotatable bonds is 7. The van der Waals surface area contributed by atoms with Crippen LogP contribution in [0.25, 0.3) is 0 Å². The predicted molar refractivity (Wildman–Crippen MR) is 109 cm³/mol. The number of ether oxygens (including phenoxy) is 1. The molecule has 3 rings (SSSR count). The summed E-state index contributed by atoms with van der Waals surface area (Å²) in [6.45, 7) is 1.31. The number of nitrogens with zero attached hydrogens (tertiary/aromatic N) is 1. The molecule has 28 heavy (non-hydrogen) atoms. The van der Waals surface area contributed by atoms with Gasteiger partial charge in [0.05, 0.1) is 4.90 Å². The second kappa shape index (κ2) is 9.54. The maximum atomic E-state index is 12.7. The molecule has 150 valence electrons. The van der Waals surface area contributed by atoms with Crippen LogP contribution in [-0.4, -0.2) is 31.8 Å². The van der Waals surface area contributed by atoms with Crippen LogP contribution < -0.4 is 0 Å². The first kappa shape index (κ1) is 20.8. The van der Waals surface area contributed by atoms with Crippen molar-refractivity contribution in [2.45, 2.75) is 43.6 Å². The third-order valence-electron chi connectivity index (χ3n) is 4.84. The van der Waals surface area contributed by atoms with E-state index >= 15 is 0 Å². The Morgan fingerprint density at radius 3 is 2.36 bits per heavy atom. The number of esters is 1. The van der Waals surface area contributed by atoms with Crippen LogP contribution in [0.5, 0.6) is 0 Å². The molecule has 0 atom stereocenters. The van der Waals surface area contributed by atoms with Crippen molar-refractivity contribution in [1.29, 1.82) is 0 Å². The molecule has 0 amide bonds. The zero-order valence-corrected chi connectivity index (χ0v) is 17.2. The normalized spacial score (nSPS) is 15.3. The summed E-state index contributed by atoms with van der Waals surface area (Å²) in [4.78, 5) is 12.3. The number of piperidine rings is 1. The zero-order valence-electron chi connectivity index (χ0n) is 15.6. The zero-order chi connectivity index (χ0) is 20.0. The van der Waals surface area contributed by atoms with Crippen LogP contribution in [0.15, 0.2) is 53.4 Å². The Bertz CT molecular complexity index is 906. The Hall–Kier alpha value is -1.89. The van der Waals surface area contributed by atoms with E-state index in [1.807, 2.05) is 18.2 Å². The third kappa shape index (κ3) is 5.34. The van der Waals surface area contributed by atoms with Gasteiger partial charge < -0.3 is 4.74 Å². The number of halogens is 1. The van der Waals surface area contributed by atoms with E-state index in [0.717, 1.165) is 30.4 Å². The summed E-state index contributed by atoms with van der Waals surface area (Å²) in [6, 6.07) is 14.0. The fraction of sp³-hybridized carbons (Fsp3) is 0.381. The lowest BCUT2D eigenvalue weighted by molar-refractivity contribution is -0.144. The molecule has 2 aromatic carbocycles. The van der Waals surface area contributed by atoms with Crippen molar-refractivity contribution in [2.75, 3.05) is 13.1 Å². The molecule has 0 spiro atoms. The van der Waals surface area contributed by atoms with Gasteiger partial charge in [-0.1, -0.05) is 48.4 Å². The largest absolute Gasteiger partial charge is 0.461 e. The van der Waals surface area contributed by atoms with Crippen LogP contribution in [0.3, 0.4) is 0 Å². The number of carbonyl (C=O) groups excluding carboxylic acids is 1. The van der Waals surface area contributed by atoms with Crippen LogP contribution >= 0.6 is 11.6 Å². The second-order valence-electron chi connectivity index (χ2n) is 6.86. The lowest BCUT2D eigenvalue weighted by Crippen LogP contribution is -2.35. The van der Waals surface area contributed by atoms with Crippen LogP contribution in [0.4, 0.5) is 0 Å².